The van der Waals surface area contributed by atoms with Crippen LogP contribution in [0.25, 0.3) is 0 Å². The van der Waals surface area contributed by atoms with Gasteiger partial charge in [0.2, 0.25) is 0 Å². The molecule has 1 fully saturated rings. The standard InChI is InChI=1S/C16H25N3O2/c1-18-5-7-19(8-6-18)12-14(17)13-3-4-15-16(11-13)21-10-2-9-20-15/h3-4,11,14H,2,5-10,12,17H2,1H3. The van der Waals surface area contributed by atoms with Gasteiger partial charge in [-0.15, -0.1) is 0 Å². The van der Waals surface area contributed by atoms with Gasteiger partial charge >= 0.3 is 0 Å². The van der Waals surface area contributed by atoms with Gasteiger partial charge < -0.3 is 20.1 Å². The molecule has 1 aromatic rings. The van der Waals surface area contributed by atoms with Crippen LogP contribution < -0.4 is 15.2 Å². The highest BCUT2D eigenvalue weighted by Crippen LogP contribution is 2.32. The van der Waals surface area contributed by atoms with Crippen LogP contribution in [0.4, 0.5) is 0 Å². The van der Waals surface area contributed by atoms with E-state index >= 15 is 0 Å². The summed E-state index contributed by atoms with van der Waals surface area (Å²) in [6.45, 7) is 6.75. The molecule has 116 valence electrons. The lowest BCUT2D eigenvalue weighted by atomic mass is 10.1. The van der Waals surface area contributed by atoms with Gasteiger partial charge in [-0.05, 0) is 24.7 Å². The molecule has 5 heteroatoms. The number of rotatable bonds is 3. The zero-order valence-corrected chi connectivity index (χ0v) is 12.8. The van der Waals surface area contributed by atoms with E-state index in [9.17, 15) is 0 Å². The molecule has 5 nitrogen and oxygen atoms in total. The first-order valence-electron chi connectivity index (χ1n) is 7.78. The van der Waals surface area contributed by atoms with E-state index < -0.39 is 0 Å². The topological polar surface area (TPSA) is 51.0 Å². The lowest BCUT2D eigenvalue weighted by molar-refractivity contribution is 0.147. The third kappa shape index (κ3) is 3.67. The summed E-state index contributed by atoms with van der Waals surface area (Å²) >= 11 is 0. The van der Waals surface area contributed by atoms with Gasteiger partial charge in [-0.25, -0.2) is 0 Å². The fourth-order valence-electron chi connectivity index (χ4n) is 2.82. The minimum absolute atomic E-state index is 0.0190. The second-order valence-corrected chi connectivity index (χ2v) is 5.97. The zero-order chi connectivity index (χ0) is 14.7. The van der Waals surface area contributed by atoms with Gasteiger partial charge in [0.05, 0.1) is 13.2 Å². The van der Waals surface area contributed by atoms with Crippen LogP contribution in [0.1, 0.15) is 18.0 Å². The number of hydrogen-bond donors (Lipinski definition) is 1. The maximum atomic E-state index is 6.38. The zero-order valence-electron chi connectivity index (χ0n) is 12.8. The Kier molecular flexibility index (Phi) is 4.63. The van der Waals surface area contributed by atoms with Gasteiger partial charge in [-0.3, -0.25) is 4.90 Å². The van der Waals surface area contributed by atoms with Crippen molar-refractivity contribution in [1.29, 1.82) is 0 Å². The fourth-order valence-corrected chi connectivity index (χ4v) is 2.82. The molecule has 1 atom stereocenters. The molecule has 2 aliphatic heterocycles. The molecule has 0 spiro atoms. The highest BCUT2D eigenvalue weighted by Gasteiger charge is 2.19. The molecule has 1 saturated heterocycles. The Hall–Kier alpha value is -1.30. The predicted octanol–water partition coefficient (Wildman–Crippen LogP) is 1.10. The second-order valence-electron chi connectivity index (χ2n) is 5.97. The summed E-state index contributed by atoms with van der Waals surface area (Å²) in [7, 11) is 2.17. The Bertz CT molecular complexity index is 473. The molecule has 1 aromatic carbocycles. The Morgan fingerprint density at radius 3 is 2.57 bits per heavy atom. The van der Waals surface area contributed by atoms with Gasteiger partial charge in [-0.2, -0.15) is 0 Å². The van der Waals surface area contributed by atoms with Crippen LogP contribution in [-0.2, 0) is 0 Å². The minimum Gasteiger partial charge on any atom is -0.490 e. The first kappa shape index (κ1) is 14.6. The van der Waals surface area contributed by atoms with Crippen LogP contribution in [0.3, 0.4) is 0 Å². The molecular weight excluding hydrogens is 266 g/mol. The lowest BCUT2D eigenvalue weighted by Gasteiger charge is -2.34. The molecule has 0 radical (unpaired) electrons. The SMILES string of the molecule is CN1CCN(CC(N)c2ccc3c(c2)OCCCO3)CC1. The van der Waals surface area contributed by atoms with E-state index in [4.69, 9.17) is 15.2 Å². The van der Waals surface area contributed by atoms with E-state index in [0.717, 1.165) is 62.8 Å². The third-order valence-corrected chi connectivity index (χ3v) is 4.25. The first-order chi connectivity index (χ1) is 10.2. The number of likely N-dealkylation sites (N-methyl/N-ethyl adjacent to an activating group) is 1. The number of piperazine rings is 1. The molecule has 1 unspecified atom stereocenters. The third-order valence-electron chi connectivity index (χ3n) is 4.25. The highest BCUT2D eigenvalue weighted by molar-refractivity contribution is 5.44. The molecule has 0 amide bonds. The Morgan fingerprint density at radius 1 is 1.10 bits per heavy atom. The number of hydrogen-bond acceptors (Lipinski definition) is 5. The quantitative estimate of drug-likeness (QED) is 0.903. The minimum atomic E-state index is 0.0190. The Labute approximate surface area is 126 Å². The van der Waals surface area contributed by atoms with Crippen molar-refractivity contribution in [2.45, 2.75) is 12.5 Å². The number of nitrogens with zero attached hydrogens (tertiary/aromatic N) is 2. The van der Waals surface area contributed by atoms with E-state index in [0.29, 0.717) is 6.61 Å². The maximum absolute atomic E-state index is 6.38. The van der Waals surface area contributed by atoms with Crippen molar-refractivity contribution in [1.82, 2.24) is 9.80 Å². The van der Waals surface area contributed by atoms with E-state index in [1.807, 2.05) is 12.1 Å². The van der Waals surface area contributed by atoms with Gasteiger partial charge in [0.25, 0.3) is 0 Å². The van der Waals surface area contributed by atoms with E-state index in [1.54, 1.807) is 0 Å². The summed E-state index contributed by atoms with van der Waals surface area (Å²) in [5, 5.41) is 0. The van der Waals surface area contributed by atoms with E-state index in [-0.39, 0.29) is 6.04 Å². The fraction of sp³-hybridized carbons (Fsp3) is 0.625. The van der Waals surface area contributed by atoms with Crippen molar-refractivity contribution in [2.24, 2.45) is 5.73 Å². The van der Waals surface area contributed by atoms with Crippen LogP contribution in [0.5, 0.6) is 11.5 Å². The lowest BCUT2D eigenvalue weighted by Crippen LogP contribution is -2.46. The summed E-state index contributed by atoms with van der Waals surface area (Å²) in [6, 6.07) is 6.11. The van der Waals surface area contributed by atoms with Crippen LogP contribution in [-0.4, -0.2) is 62.8 Å². The van der Waals surface area contributed by atoms with Crippen LogP contribution in [0.15, 0.2) is 18.2 Å². The average Bonchev–Trinajstić information content (AvgIpc) is 2.74. The van der Waals surface area contributed by atoms with E-state index in [2.05, 4.69) is 22.9 Å². The number of nitrogens with two attached hydrogens (primary N) is 1. The van der Waals surface area contributed by atoms with Gasteiger partial charge in [-0.1, -0.05) is 6.07 Å². The molecule has 3 rings (SSSR count). The summed E-state index contributed by atoms with van der Waals surface area (Å²) in [5.41, 5.74) is 7.50. The molecule has 0 aromatic heterocycles. The summed E-state index contributed by atoms with van der Waals surface area (Å²) in [5.74, 6) is 1.67. The van der Waals surface area contributed by atoms with Crippen LogP contribution in [0, 0.1) is 0 Å². The van der Waals surface area contributed by atoms with Crippen molar-refractivity contribution in [3.8, 4) is 11.5 Å². The summed E-state index contributed by atoms with van der Waals surface area (Å²) in [4.78, 5) is 4.79. The molecule has 0 aliphatic carbocycles. The largest absolute Gasteiger partial charge is 0.490 e. The Morgan fingerprint density at radius 2 is 1.81 bits per heavy atom. The normalized spacial score (nSPS) is 21.8. The monoisotopic (exact) mass is 291 g/mol. The van der Waals surface area contributed by atoms with E-state index in [1.165, 1.54) is 0 Å². The number of benzene rings is 1. The van der Waals surface area contributed by atoms with Gasteiger partial charge in [0, 0.05) is 45.2 Å². The molecule has 0 saturated carbocycles. The predicted molar refractivity (Wildman–Crippen MR) is 82.9 cm³/mol. The molecule has 2 N–H and O–H groups in total. The van der Waals surface area contributed by atoms with Gasteiger partial charge in [0.15, 0.2) is 11.5 Å². The molecule has 2 aliphatic rings. The summed E-state index contributed by atoms with van der Waals surface area (Å²) in [6.07, 6.45) is 0.928. The van der Waals surface area contributed by atoms with Gasteiger partial charge in [0.1, 0.15) is 0 Å². The summed E-state index contributed by atoms with van der Waals surface area (Å²) < 4.78 is 11.4. The van der Waals surface area contributed by atoms with Crippen molar-refractivity contribution in [3.05, 3.63) is 23.8 Å². The van der Waals surface area contributed by atoms with Crippen LogP contribution >= 0.6 is 0 Å². The molecule has 2 heterocycles. The van der Waals surface area contributed by atoms with Crippen molar-refractivity contribution < 1.29 is 9.47 Å². The van der Waals surface area contributed by atoms with Crippen molar-refractivity contribution >= 4 is 0 Å². The molecule has 0 bridgehead atoms. The van der Waals surface area contributed by atoms with Crippen LogP contribution in [0.2, 0.25) is 0 Å². The first-order valence-corrected chi connectivity index (χ1v) is 7.78. The van der Waals surface area contributed by atoms with Crippen molar-refractivity contribution in [3.63, 3.8) is 0 Å². The molecule has 21 heavy (non-hydrogen) atoms. The second kappa shape index (κ2) is 6.64. The average molecular weight is 291 g/mol. The van der Waals surface area contributed by atoms with Crippen molar-refractivity contribution in [2.75, 3.05) is 53.0 Å². The number of ether oxygens (including phenoxy) is 2. The molecular formula is C16H25N3O2. The smallest absolute Gasteiger partial charge is 0.161 e. The highest BCUT2D eigenvalue weighted by atomic mass is 16.5. The Balaban J connectivity index is 1.64. The maximum Gasteiger partial charge on any atom is 0.161 e. The number of fused-ring (bicyclic) bond motifs is 1.